The smallest absolute Gasteiger partial charge is 0.251 e. The second-order valence-corrected chi connectivity index (χ2v) is 10.7. The normalized spacial score (nSPS) is 18.6. The fraction of sp³-hybridized carbons (Fsp3) is 0.714. The maximum absolute atomic E-state index is 13.0. The molecule has 0 aliphatic heterocycles. The molecule has 1 aromatic rings. The minimum Gasteiger partial charge on any atom is -0.378 e. The SMILES string of the molecule is CCC(C)(CC(C)(CC)OC)NC(=O)c1ccc(C(=O)NC(C)(CC)CC(C)(CC)OC)cc1. The number of methoxy groups -OCH3 is 2. The molecule has 1 rings (SSSR count). The minimum absolute atomic E-state index is 0.150. The minimum atomic E-state index is -0.399. The Morgan fingerprint density at radius 3 is 1.15 bits per heavy atom. The molecule has 6 nitrogen and oxygen atoms in total. The number of amides is 2. The van der Waals surface area contributed by atoms with Crippen molar-refractivity contribution in [3.63, 3.8) is 0 Å². The Morgan fingerprint density at radius 2 is 0.941 bits per heavy atom. The molecule has 0 spiro atoms. The first-order valence-corrected chi connectivity index (χ1v) is 12.6. The standard InChI is InChI=1S/C28H48N2O4/c1-11-25(5,19-27(7,13-3)33-9)29-23(31)21-15-17-22(18-16-21)24(32)30-26(6,12-2)20-28(8,14-4)34-10/h15-18H,11-14,19-20H2,1-10H3,(H,29,31)(H,30,32). The van der Waals surface area contributed by atoms with Crippen LogP contribution in [0.1, 0.15) is 115 Å². The molecular formula is C28H48N2O4. The molecule has 0 heterocycles. The summed E-state index contributed by atoms with van der Waals surface area (Å²) in [6.45, 7) is 16.6. The van der Waals surface area contributed by atoms with Crippen molar-refractivity contribution < 1.29 is 19.1 Å². The first kappa shape index (κ1) is 30.1. The summed E-state index contributed by atoms with van der Waals surface area (Å²) in [4.78, 5) is 26.0. The van der Waals surface area contributed by atoms with Crippen LogP contribution in [0.25, 0.3) is 0 Å². The molecule has 6 heteroatoms. The summed E-state index contributed by atoms with van der Waals surface area (Å²) >= 11 is 0. The number of carbonyl (C=O) groups is 2. The molecule has 4 atom stereocenters. The van der Waals surface area contributed by atoms with Crippen LogP contribution in [-0.4, -0.2) is 48.3 Å². The number of carbonyl (C=O) groups excluding carboxylic acids is 2. The van der Waals surface area contributed by atoms with Gasteiger partial charge in [-0.1, -0.05) is 27.7 Å². The van der Waals surface area contributed by atoms with E-state index in [1.54, 1.807) is 38.5 Å². The molecule has 0 fully saturated rings. The Bertz CT molecular complexity index is 732. The van der Waals surface area contributed by atoms with Crippen LogP contribution in [0.5, 0.6) is 0 Å². The van der Waals surface area contributed by atoms with E-state index in [4.69, 9.17) is 9.47 Å². The topological polar surface area (TPSA) is 76.7 Å². The highest BCUT2D eigenvalue weighted by atomic mass is 16.5. The van der Waals surface area contributed by atoms with Gasteiger partial charge in [-0.15, -0.1) is 0 Å². The van der Waals surface area contributed by atoms with Gasteiger partial charge in [0.25, 0.3) is 11.8 Å². The molecular weight excluding hydrogens is 428 g/mol. The maximum atomic E-state index is 13.0. The fourth-order valence-electron chi connectivity index (χ4n) is 4.31. The van der Waals surface area contributed by atoms with Gasteiger partial charge in [0.05, 0.1) is 11.2 Å². The second kappa shape index (κ2) is 12.2. The quantitative estimate of drug-likeness (QED) is 0.351. The van der Waals surface area contributed by atoms with Crippen molar-refractivity contribution in [1.29, 1.82) is 0 Å². The Labute approximate surface area is 207 Å². The van der Waals surface area contributed by atoms with Gasteiger partial charge in [0, 0.05) is 36.4 Å². The summed E-state index contributed by atoms with van der Waals surface area (Å²) in [7, 11) is 3.43. The molecule has 0 saturated carbocycles. The first-order valence-electron chi connectivity index (χ1n) is 12.6. The van der Waals surface area contributed by atoms with Gasteiger partial charge >= 0.3 is 0 Å². The highest BCUT2D eigenvalue weighted by Gasteiger charge is 2.36. The number of benzene rings is 1. The molecule has 0 aromatic heterocycles. The lowest BCUT2D eigenvalue weighted by molar-refractivity contribution is -0.0246. The van der Waals surface area contributed by atoms with E-state index in [2.05, 4.69) is 66.0 Å². The van der Waals surface area contributed by atoms with E-state index < -0.39 is 11.1 Å². The predicted molar refractivity (Wildman–Crippen MR) is 139 cm³/mol. The fourth-order valence-corrected chi connectivity index (χ4v) is 4.31. The van der Waals surface area contributed by atoms with Crippen LogP contribution in [0.15, 0.2) is 24.3 Å². The highest BCUT2D eigenvalue weighted by Crippen LogP contribution is 2.30. The van der Waals surface area contributed by atoms with Crippen LogP contribution >= 0.6 is 0 Å². The van der Waals surface area contributed by atoms with Crippen LogP contribution in [0.4, 0.5) is 0 Å². The molecule has 0 saturated heterocycles. The van der Waals surface area contributed by atoms with E-state index in [-0.39, 0.29) is 23.0 Å². The van der Waals surface area contributed by atoms with Crippen molar-refractivity contribution in [1.82, 2.24) is 10.6 Å². The van der Waals surface area contributed by atoms with E-state index in [0.29, 0.717) is 24.0 Å². The van der Waals surface area contributed by atoms with Gasteiger partial charge in [-0.3, -0.25) is 9.59 Å². The van der Waals surface area contributed by atoms with Crippen molar-refractivity contribution in [3.05, 3.63) is 35.4 Å². The molecule has 2 N–H and O–H groups in total. The van der Waals surface area contributed by atoms with Gasteiger partial charge in [0.1, 0.15) is 0 Å². The number of rotatable bonds is 14. The van der Waals surface area contributed by atoms with Crippen LogP contribution in [0, 0.1) is 0 Å². The average molecular weight is 477 g/mol. The number of nitrogens with one attached hydrogen (secondary N) is 2. The largest absolute Gasteiger partial charge is 0.378 e. The number of hydrogen-bond donors (Lipinski definition) is 2. The van der Waals surface area contributed by atoms with Gasteiger partial charge < -0.3 is 20.1 Å². The summed E-state index contributed by atoms with van der Waals surface area (Å²) in [6.07, 6.45) is 4.71. The van der Waals surface area contributed by atoms with Crippen LogP contribution in [0.3, 0.4) is 0 Å². The highest BCUT2D eigenvalue weighted by molar-refractivity contribution is 5.98. The lowest BCUT2D eigenvalue weighted by atomic mass is 9.82. The summed E-state index contributed by atoms with van der Waals surface area (Å²) in [6, 6.07) is 6.85. The Hall–Kier alpha value is -1.92. The monoisotopic (exact) mass is 476 g/mol. The van der Waals surface area contributed by atoms with Gasteiger partial charge in [-0.05, 0) is 90.5 Å². The van der Waals surface area contributed by atoms with Gasteiger partial charge in [0.15, 0.2) is 0 Å². The van der Waals surface area contributed by atoms with Crippen molar-refractivity contribution in [3.8, 4) is 0 Å². The molecule has 0 aliphatic rings. The third-order valence-corrected chi connectivity index (χ3v) is 7.81. The van der Waals surface area contributed by atoms with Crippen LogP contribution in [-0.2, 0) is 9.47 Å². The van der Waals surface area contributed by atoms with Gasteiger partial charge in [-0.2, -0.15) is 0 Å². The lowest BCUT2D eigenvalue weighted by Gasteiger charge is -2.38. The van der Waals surface area contributed by atoms with Crippen LogP contribution < -0.4 is 10.6 Å². The number of ether oxygens (including phenoxy) is 2. The summed E-state index contributed by atoms with van der Waals surface area (Å²) in [5.74, 6) is -0.300. The van der Waals surface area contributed by atoms with E-state index in [0.717, 1.165) is 25.7 Å². The second-order valence-electron chi connectivity index (χ2n) is 10.7. The van der Waals surface area contributed by atoms with Crippen LogP contribution in [0.2, 0.25) is 0 Å². The maximum Gasteiger partial charge on any atom is 0.251 e. The molecule has 4 unspecified atom stereocenters. The van der Waals surface area contributed by atoms with Crippen molar-refractivity contribution in [2.45, 2.75) is 116 Å². The third-order valence-electron chi connectivity index (χ3n) is 7.81. The average Bonchev–Trinajstić information content (AvgIpc) is 2.83. The van der Waals surface area contributed by atoms with Crippen molar-refractivity contribution in [2.24, 2.45) is 0 Å². The Morgan fingerprint density at radius 1 is 0.647 bits per heavy atom. The van der Waals surface area contributed by atoms with E-state index >= 15 is 0 Å². The molecule has 0 radical (unpaired) electrons. The van der Waals surface area contributed by atoms with Crippen molar-refractivity contribution in [2.75, 3.05) is 14.2 Å². The van der Waals surface area contributed by atoms with Gasteiger partial charge in [-0.25, -0.2) is 0 Å². The van der Waals surface area contributed by atoms with Crippen molar-refractivity contribution >= 4 is 11.8 Å². The Kier molecular flexibility index (Phi) is 10.8. The predicted octanol–water partition coefficient (Wildman–Crippen LogP) is 5.89. The molecule has 0 aliphatic carbocycles. The summed E-state index contributed by atoms with van der Waals surface area (Å²) in [5.41, 5.74) is -0.342. The van der Waals surface area contributed by atoms with E-state index in [1.807, 2.05) is 0 Å². The van der Waals surface area contributed by atoms with Gasteiger partial charge in [0.2, 0.25) is 0 Å². The molecule has 34 heavy (non-hydrogen) atoms. The molecule has 194 valence electrons. The zero-order valence-corrected chi connectivity index (χ0v) is 23.2. The number of hydrogen-bond acceptors (Lipinski definition) is 4. The third kappa shape index (κ3) is 8.09. The lowest BCUT2D eigenvalue weighted by Crippen LogP contribution is -2.51. The van der Waals surface area contributed by atoms with E-state index in [9.17, 15) is 9.59 Å². The zero-order chi connectivity index (χ0) is 26.2. The molecule has 0 bridgehead atoms. The molecule has 2 amide bonds. The summed E-state index contributed by atoms with van der Waals surface area (Å²) < 4.78 is 11.4. The Balaban J connectivity index is 2.94. The summed E-state index contributed by atoms with van der Waals surface area (Å²) in [5, 5.41) is 6.37. The molecule has 1 aromatic carbocycles. The zero-order valence-electron chi connectivity index (χ0n) is 23.2. The van der Waals surface area contributed by atoms with E-state index in [1.165, 1.54) is 0 Å². The first-order chi connectivity index (χ1) is 15.8.